The molecular weight excluding hydrogens is 352 g/mol. The van der Waals surface area contributed by atoms with Crippen LogP contribution < -0.4 is 9.47 Å². The predicted octanol–water partition coefficient (Wildman–Crippen LogP) is 3.25. The van der Waals surface area contributed by atoms with E-state index in [1.807, 2.05) is 42.5 Å². The second-order valence-electron chi connectivity index (χ2n) is 7.31. The van der Waals surface area contributed by atoms with Crippen molar-refractivity contribution < 1.29 is 9.47 Å². The van der Waals surface area contributed by atoms with Gasteiger partial charge < -0.3 is 24.3 Å². The molecule has 1 aromatic heterocycles. The van der Waals surface area contributed by atoms with Crippen molar-refractivity contribution >= 4 is 11.0 Å². The first-order valence-electron chi connectivity index (χ1n) is 9.90. The summed E-state index contributed by atoms with van der Waals surface area (Å²) in [7, 11) is 3.86. The molecule has 0 spiro atoms. The molecule has 0 aliphatic carbocycles. The van der Waals surface area contributed by atoms with Crippen LogP contribution in [0.25, 0.3) is 22.4 Å². The van der Waals surface area contributed by atoms with Crippen LogP contribution in [0.5, 0.6) is 11.5 Å². The number of fused-ring (bicyclic) bond motifs is 1. The maximum absolute atomic E-state index is 5.96. The van der Waals surface area contributed by atoms with Crippen molar-refractivity contribution in [3.63, 3.8) is 0 Å². The number of hydrogen-bond donors (Lipinski definition) is 1. The molecule has 1 aliphatic heterocycles. The summed E-state index contributed by atoms with van der Waals surface area (Å²) in [5.41, 5.74) is 2.90. The van der Waals surface area contributed by atoms with Crippen molar-refractivity contribution in [3.8, 4) is 22.9 Å². The number of aromatic amines is 1. The second kappa shape index (κ2) is 8.63. The number of benzene rings is 2. The number of rotatable bonds is 7. The van der Waals surface area contributed by atoms with Crippen LogP contribution in [0, 0.1) is 0 Å². The average molecular weight is 380 g/mol. The number of likely N-dealkylation sites (N-methyl/N-ethyl adjacent to an activating group) is 1. The van der Waals surface area contributed by atoms with E-state index in [0.717, 1.165) is 73.1 Å². The van der Waals surface area contributed by atoms with Gasteiger partial charge in [0, 0.05) is 38.8 Å². The SMILES string of the molecule is COc1cc(OCCCN2CCN(C)CC2)ccc1-c1nc2ccccc2[nH]1. The van der Waals surface area contributed by atoms with Gasteiger partial charge in [-0.05, 0) is 37.7 Å². The molecule has 1 aliphatic rings. The zero-order chi connectivity index (χ0) is 19.3. The molecule has 2 aromatic carbocycles. The number of methoxy groups -OCH3 is 1. The molecule has 28 heavy (non-hydrogen) atoms. The number of nitrogens with zero attached hydrogens (tertiary/aromatic N) is 3. The fourth-order valence-corrected chi connectivity index (χ4v) is 3.59. The van der Waals surface area contributed by atoms with Crippen LogP contribution >= 0.6 is 0 Å². The first kappa shape index (κ1) is 18.8. The Hall–Kier alpha value is -2.57. The van der Waals surface area contributed by atoms with Gasteiger partial charge in [-0.2, -0.15) is 0 Å². The maximum Gasteiger partial charge on any atom is 0.142 e. The lowest BCUT2D eigenvalue weighted by molar-refractivity contribution is 0.145. The summed E-state index contributed by atoms with van der Waals surface area (Å²) in [5, 5.41) is 0. The topological polar surface area (TPSA) is 53.6 Å². The molecule has 6 nitrogen and oxygen atoms in total. The van der Waals surface area contributed by atoms with Gasteiger partial charge in [0.15, 0.2) is 0 Å². The normalized spacial score (nSPS) is 15.8. The molecule has 0 saturated carbocycles. The summed E-state index contributed by atoms with van der Waals surface area (Å²) < 4.78 is 11.6. The van der Waals surface area contributed by atoms with E-state index >= 15 is 0 Å². The van der Waals surface area contributed by atoms with E-state index in [4.69, 9.17) is 9.47 Å². The van der Waals surface area contributed by atoms with Crippen molar-refractivity contribution in [1.29, 1.82) is 0 Å². The fraction of sp³-hybridized carbons (Fsp3) is 0.409. The number of ether oxygens (including phenoxy) is 2. The molecule has 0 bridgehead atoms. The molecule has 0 radical (unpaired) electrons. The van der Waals surface area contributed by atoms with Crippen LogP contribution in [0.2, 0.25) is 0 Å². The molecule has 1 saturated heterocycles. The highest BCUT2D eigenvalue weighted by Crippen LogP contribution is 2.32. The van der Waals surface area contributed by atoms with Gasteiger partial charge in [-0.25, -0.2) is 4.98 Å². The van der Waals surface area contributed by atoms with Crippen molar-refractivity contribution in [2.75, 3.05) is 53.5 Å². The Balaban J connectivity index is 1.37. The first-order chi connectivity index (χ1) is 13.7. The molecular formula is C22H28N4O2. The molecule has 0 amide bonds. The van der Waals surface area contributed by atoms with Crippen molar-refractivity contribution in [1.82, 2.24) is 19.8 Å². The van der Waals surface area contributed by atoms with E-state index in [9.17, 15) is 0 Å². The van der Waals surface area contributed by atoms with Crippen molar-refractivity contribution in [2.45, 2.75) is 6.42 Å². The highest BCUT2D eigenvalue weighted by atomic mass is 16.5. The highest BCUT2D eigenvalue weighted by Gasteiger charge is 2.14. The third-order valence-electron chi connectivity index (χ3n) is 5.30. The van der Waals surface area contributed by atoms with E-state index in [1.54, 1.807) is 7.11 Å². The van der Waals surface area contributed by atoms with Gasteiger partial charge in [0.05, 0.1) is 30.3 Å². The predicted molar refractivity (Wildman–Crippen MR) is 112 cm³/mol. The second-order valence-corrected chi connectivity index (χ2v) is 7.31. The Kier molecular flexibility index (Phi) is 5.78. The van der Waals surface area contributed by atoms with Gasteiger partial charge in [0.2, 0.25) is 0 Å². The molecule has 1 fully saturated rings. The largest absolute Gasteiger partial charge is 0.496 e. The Morgan fingerprint density at radius 1 is 1.07 bits per heavy atom. The van der Waals surface area contributed by atoms with Gasteiger partial charge in [0.25, 0.3) is 0 Å². The number of imidazole rings is 1. The van der Waals surface area contributed by atoms with Crippen LogP contribution in [0.1, 0.15) is 6.42 Å². The molecule has 0 unspecified atom stereocenters. The molecule has 0 atom stereocenters. The molecule has 6 heteroatoms. The number of hydrogen-bond acceptors (Lipinski definition) is 5. The molecule has 2 heterocycles. The van der Waals surface area contributed by atoms with Gasteiger partial charge in [-0.3, -0.25) is 0 Å². The third-order valence-corrected chi connectivity index (χ3v) is 5.30. The minimum Gasteiger partial charge on any atom is -0.496 e. The van der Waals surface area contributed by atoms with E-state index in [-0.39, 0.29) is 0 Å². The fourth-order valence-electron chi connectivity index (χ4n) is 3.59. The minimum atomic E-state index is 0.708. The highest BCUT2D eigenvalue weighted by molar-refractivity contribution is 5.80. The summed E-state index contributed by atoms with van der Waals surface area (Å²) in [6, 6.07) is 13.9. The standard InChI is InChI=1S/C22H28N4O2/c1-25-11-13-26(14-12-25)10-5-15-28-17-8-9-18(21(16-17)27-2)22-23-19-6-3-4-7-20(19)24-22/h3-4,6-9,16H,5,10-15H2,1-2H3,(H,23,24). The molecule has 148 valence electrons. The molecule has 1 N–H and O–H groups in total. The van der Waals surface area contributed by atoms with Gasteiger partial charge in [-0.1, -0.05) is 12.1 Å². The van der Waals surface area contributed by atoms with E-state index in [1.165, 1.54) is 0 Å². The lowest BCUT2D eigenvalue weighted by Crippen LogP contribution is -2.44. The summed E-state index contributed by atoms with van der Waals surface area (Å²) in [6.07, 6.45) is 1.03. The van der Waals surface area contributed by atoms with Crippen LogP contribution in [-0.4, -0.2) is 73.3 Å². The van der Waals surface area contributed by atoms with Gasteiger partial charge in [0.1, 0.15) is 17.3 Å². The third kappa shape index (κ3) is 4.29. The lowest BCUT2D eigenvalue weighted by atomic mass is 10.2. The summed E-state index contributed by atoms with van der Waals surface area (Å²) >= 11 is 0. The summed E-state index contributed by atoms with van der Waals surface area (Å²) in [6.45, 7) is 6.40. The number of nitrogens with one attached hydrogen (secondary N) is 1. The van der Waals surface area contributed by atoms with Crippen LogP contribution in [-0.2, 0) is 0 Å². The van der Waals surface area contributed by atoms with Crippen molar-refractivity contribution in [2.24, 2.45) is 0 Å². The summed E-state index contributed by atoms with van der Waals surface area (Å²) in [4.78, 5) is 12.9. The number of piperazine rings is 1. The van der Waals surface area contributed by atoms with Gasteiger partial charge in [-0.15, -0.1) is 0 Å². The number of para-hydroxylation sites is 2. The smallest absolute Gasteiger partial charge is 0.142 e. The Labute approximate surface area is 166 Å². The number of H-pyrrole nitrogens is 1. The van der Waals surface area contributed by atoms with Crippen LogP contribution in [0.15, 0.2) is 42.5 Å². The van der Waals surface area contributed by atoms with E-state index in [0.29, 0.717) is 6.61 Å². The zero-order valence-electron chi connectivity index (χ0n) is 16.6. The zero-order valence-corrected chi connectivity index (χ0v) is 16.6. The number of aromatic nitrogens is 2. The molecule has 4 rings (SSSR count). The van der Waals surface area contributed by atoms with Crippen molar-refractivity contribution in [3.05, 3.63) is 42.5 Å². The lowest BCUT2D eigenvalue weighted by Gasteiger charge is -2.32. The average Bonchev–Trinajstić information content (AvgIpc) is 3.16. The van der Waals surface area contributed by atoms with Crippen LogP contribution in [0.4, 0.5) is 0 Å². The minimum absolute atomic E-state index is 0.708. The Bertz CT molecular complexity index is 883. The molecule has 3 aromatic rings. The first-order valence-corrected chi connectivity index (χ1v) is 9.90. The monoisotopic (exact) mass is 380 g/mol. The Morgan fingerprint density at radius 3 is 2.68 bits per heavy atom. The summed E-state index contributed by atoms with van der Waals surface area (Å²) in [5.74, 6) is 2.39. The maximum atomic E-state index is 5.96. The Morgan fingerprint density at radius 2 is 1.89 bits per heavy atom. The van der Waals surface area contributed by atoms with Crippen LogP contribution in [0.3, 0.4) is 0 Å². The van der Waals surface area contributed by atoms with E-state index in [2.05, 4.69) is 26.8 Å². The van der Waals surface area contributed by atoms with E-state index < -0.39 is 0 Å². The quantitative estimate of drug-likeness (QED) is 0.638. The van der Waals surface area contributed by atoms with Gasteiger partial charge >= 0.3 is 0 Å².